The Balaban J connectivity index is 2.24. The fourth-order valence-electron chi connectivity index (χ4n) is 1.99. The molecule has 0 radical (unpaired) electrons. The molecule has 0 aliphatic heterocycles. The van der Waals surface area contributed by atoms with Crippen LogP contribution in [0.5, 0.6) is 0 Å². The highest BCUT2D eigenvalue weighted by molar-refractivity contribution is 14.1. The monoisotopic (exact) mass is 407 g/mol. The van der Waals surface area contributed by atoms with Crippen molar-refractivity contribution < 1.29 is 9.53 Å². The van der Waals surface area contributed by atoms with Crippen LogP contribution in [0.25, 0.3) is 11.0 Å². The highest BCUT2D eigenvalue weighted by Gasteiger charge is 2.15. The standard InChI is InChI=1S/C13H15ClIN3O2/c1-8(14)13-17-10-6-9(15)2-3-11(10)18(13)4-5-20-7-12(16)19/h2-3,6,8H,4-5,7H2,1H3,(H2,16,19). The van der Waals surface area contributed by atoms with Gasteiger partial charge in [0, 0.05) is 10.1 Å². The van der Waals surface area contributed by atoms with E-state index in [0.29, 0.717) is 13.2 Å². The first kappa shape index (κ1) is 15.5. The van der Waals surface area contributed by atoms with Crippen molar-refractivity contribution in [2.24, 2.45) is 5.73 Å². The number of alkyl halides is 1. The van der Waals surface area contributed by atoms with E-state index < -0.39 is 5.91 Å². The summed E-state index contributed by atoms with van der Waals surface area (Å²) in [6, 6.07) is 6.05. The third-order valence-electron chi connectivity index (χ3n) is 2.80. The van der Waals surface area contributed by atoms with Crippen molar-refractivity contribution in [3.63, 3.8) is 0 Å². The molecule has 0 fully saturated rings. The summed E-state index contributed by atoms with van der Waals surface area (Å²) in [5.41, 5.74) is 6.95. The maximum atomic E-state index is 10.6. The number of nitrogens with zero attached hydrogens (tertiary/aromatic N) is 2. The number of ether oxygens (including phenoxy) is 1. The Labute approximate surface area is 135 Å². The molecule has 108 valence electrons. The molecule has 0 aliphatic rings. The van der Waals surface area contributed by atoms with Crippen molar-refractivity contribution in [2.75, 3.05) is 13.2 Å². The number of hydrogen-bond donors (Lipinski definition) is 1. The molecule has 2 rings (SSSR count). The first-order valence-electron chi connectivity index (χ1n) is 6.15. The normalized spacial score (nSPS) is 12.8. The van der Waals surface area contributed by atoms with Crippen molar-refractivity contribution in [3.05, 3.63) is 27.6 Å². The van der Waals surface area contributed by atoms with Gasteiger partial charge in [0.15, 0.2) is 0 Å². The van der Waals surface area contributed by atoms with Crippen LogP contribution in [0.4, 0.5) is 0 Å². The minimum absolute atomic E-state index is 0.0731. The Bertz CT molecular complexity index is 627. The van der Waals surface area contributed by atoms with Crippen LogP contribution in [-0.2, 0) is 16.1 Å². The molecule has 0 saturated carbocycles. The van der Waals surface area contributed by atoms with Gasteiger partial charge in [0.25, 0.3) is 0 Å². The molecule has 1 unspecified atom stereocenters. The molecule has 1 heterocycles. The molecule has 20 heavy (non-hydrogen) atoms. The molecule has 0 spiro atoms. The van der Waals surface area contributed by atoms with Crippen molar-refractivity contribution in [2.45, 2.75) is 18.8 Å². The molecular weight excluding hydrogens is 393 g/mol. The van der Waals surface area contributed by atoms with E-state index in [1.807, 2.05) is 29.7 Å². The second-order valence-corrected chi connectivity index (χ2v) is 6.29. The molecule has 0 bridgehead atoms. The summed E-state index contributed by atoms with van der Waals surface area (Å²) in [7, 11) is 0. The zero-order valence-electron chi connectivity index (χ0n) is 11.0. The molecule has 2 aromatic rings. The lowest BCUT2D eigenvalue weighted by atomic mass is 10.3. The summed E-state index contributed by atoms with van der Waals surface area (Å²) in [4.78, 5) is 15.2. The van der Waals surface area contributed by atoms with Crippen LogP contribution in [0.2, 0.25) is 0 Å². The van der Waals surface area contributed by atoms with Crippen LogP contribution in [0, 0.1) is 3.57 Å². The number of aromatic nitrogens is 2. The molecule has 1 atom stereocenters. The maximum absolute atomic E-state index is 10.6. The Hall–Kier alpha value is -0.860. The lowest BCUT2D eigenvalue weighted by Gasteiger charge is -2.10. The van der Waals surface area contributed by atoms with Gasteiger partial charge < -0.3 is 15.0 Å². The van der Waals surface area contributed by atoms with Gasteiger partial charge in [-0.15, -0.1) is 11.6 Å². The number of imidazole rings is 1. The van der Waals surface area contributed by atoms with Gasteiger partial charge in [0.2, 0.25) is 5.91 Å². The highest BCUT2D eigenvalue weighted by atomic mass is 127. The van der Waals surface area contributed by atoms with Gasteiger partial charge in [-0.05, 0) is 47.7 Å². The highest BCUT2D eigenvalue weighted by Crippen LogP contribution is 2.25. The fourth-order valence-corrected chi connectivity index (χ4v) is 2.63. The second kappa shape index (κ2) is 6.73. The number of hydrogen-bond acceptors (Lipinski definition) is 3. The molecule has 2 N–H and O–H groups in total. The molecule has 0 aliphatic carbocycles. The number of amides is 1. The van der Waals surface area contributed by atoms with Crippen LogP contribution >= 0.6 is 34.2 Å². The summed E-state index contributed by atoms with van der Waals surface area (Å²) in [6.07, 6.45) is 0. The topological polar surface area (TPSA) is 70.1 Å². The average Bonchev–Trinajstić information content (AvgIpc) is 2.72. The smallest absolute Gasteiger partial charge is 0.243 e. The third-order valence-corrected chi connectivity index (χ3v) is 3.67. The van der Waals surface area contributed by atoms with E-state index in [2.05, 4.69) is 27.6 Å². The van der Waals surface area contributed by atoms with Gasteiger partial charge in [0.05, 0.1) is 23.0 Å². The number of carbonyl (C=O) groups is 1. The van der Waals surface area contributed by atoms with E-state index in [1.54, 1.807) is 0 Å². The van der Waals surface area contributed by atoms with Gasteiger partial charge in [0.1, 0.15) is 12.4 Å². The maximum Gasteiger partial charge on any atom is 0.243 e. The number of primary amides is 1. The molecule has 1 aromatic carbocycles. The quantitative estimate of drug-likeness (QED) is 0.454. The van der Waals surface area contributed by atoms with E-state index in [1.165, 1.54) is 0 Å². The van der Waals surface area contributed by atoms with Crippen LogP contribution in [0.1, 0.15) is 18.1 Å². The van der Waals surface area contributed by atoms with Crippen LogP contribution < -0.4 is 5.73 Å². The lowest BCUT2D eigenvalue weighted by molar-refractivity contribution is -0.122. The van der Waals surface area contributed by atoms with Gasteiger partial charge >= 0.3 is 0 Å². The fraction of sp³-hybridized carbons (Fsp3) is 0.385. The van der Waals surface area contributed by atoms with Gasteiger partial charge in [-0.1, -0.05) is 0 Å². The lowest BCUT2D eigenvalue weighted by Crippen LogP contribution is -2.20. The number of fused-ring (bicyclic) bond motifs is 1. The summed E-state index contributed by atoms with van der Waals surface area (Å²) in [5.74, 6) is 0.326. The van der Waals surface area contributed by atoms with Crippen molar-refractivity contribution in [3.8, 4) is 0 Å². The predicted octanol–water partition coefficient (Wildman–Crippen LogP) is 2.44. The van der Waals surface area contributed by atoms with E-state index in [-0.39, 0.29) is 12.0 Å². The number of carbonyl (C=O) groups excluding carboxylic acids is 1. The average molecular weight is 408 g/mol. The van der Waals surface area contributed by atoms with Gasteiger partial charge in [-0.2, -0.15) is 0 Å². The Morgan fingerprint density at radius 2 is 2.35 bits per heavy atom. The first-order valence-corrected chi connectivity index (χ1v) is 7.66. The Morgan fingerprint density at radius 1 is 1.60 bits per heavy atom. The molecular formula is C13H15ClIN3O2. The van der Waals surface area contributed by atoms with Crippen molar-refractivity contribution in [1.29, 1.82) is 0 Å². The van der Waals surface area contributed by atoms with Gasteiger partial charge in [-0.25, -0.2) is 4.98 Å². The zero-order chi connectivity index (χ0) is 14.7. The van der Waals surface area contributed by atoms with Crippen LogP contribution in [0.15, 0.2) is 18.2 Å². The summed E-state index contributed by atoms with van der Waals surface area (Å²) >= 11 is 8.43. The SMILES string of the molecule is CC(Cl)c1nc2cc(I)ccc2n1CCOCC(N)=O. The van der Waals surface area contributed by atoms with E-state index in [9.17, 15) is 4.79 Å². The molecule has 1 amide bonds. The molecule has 1 aromatic heterocycles. The minimum Gasteiger partial charge on any atom is -0.370 e. The van der Waals surface area contributed by atoms with Crippen molar-refractivity contribution in [1.82, 2.24) is 9.55 Å². The second-order valence-electron chi connectivity index (χ2n) is 4.39. The number of halogens is 2. The summed E-state index contributed by atoms with van der Waals surface area (Å²) in [6.45, 7) is 2.78. The van der Waals surface area contributed by atoms with E-state index in [0.717, 1.165) is 20.4 Å². The summed E-state index contributed by atoms with van der Waals surface area (Å²) in [5, 5.41) is -0.198. The molecule has 0 saturated heterocycles. The minimum atomic E-state index is -0.471. The number of rotatable bonds is 6. The predicted molar refractivity (Wildman–Crippen MR) is 86.7 cm³/mol. The van der Waals surface area contributed by atoms with Crippen LogP contribution in [0.3, 0.4) is 0 Å². The Morgan fingerprint density at radius 3 is 3.00 bits per heavy atom. The van der Waals surface area contributed by atoms with Gasteiger partial charge in [-0.3, -0.25) is 4.79 Å². The third kappa shape index (κ3) is 3.62. The van der Waals surface area contributed by atoms with E-state index >= 15 is 0 Å². The molecule has 7 heteroatoms. The summed E-state index contributed by atoms with van der Waals surface area (Å²) < 4.78 is 8.35. The first-order chi connectivity index (χ1) is 9.49. The van der Waals surface area contributed by atoms with Crippen molar-refractivity contribution >= 4 is 51.1 Å². The zero-order valence-corrected chi connectivity index (χ0v) is 13.9. The number of nitrogens with two attached hydrogens (primary N) is 1. The van der Waals surface area contributed by atoms with Crippen LogP contribution in [-0.4, -0.2) is 28.7 Å². The molecule has 5 nitrogen and oxygen atoms in total. The van der Waals surface area contributed by atoms with E-state index in [4.69, 9.17) is 22.1 Å². The largest absolute Gasteiger partial charge is 0.370 e. The Kier molecular flexibility index (Phi) is 5.22. The number of benzene rings is 1.